The SMILES string of the molecule is Cc1ccc(Cc2csc(N3CCC(S(=O)(=O)c4ccc([N+](=O)[O-])cc4)CC3)n2)cc1. The van der Waals surface area contributed by atoms with Crippen molar-refractivity contribution in [3.8, 4) is 0 Å². The summed E-state index contributed by atoms with van der Waals surface area (Å²) >= 11 is 1.59. The van der Waals surface area contributed by atoms with Crippen LogP contribution >= 0.6 is 11.3 Å². The molecular weight excluding hydrogens is 434 g/mol. The number of nitro benzene ring substituents is 1. The third-order valence-corrected chi connectivity index (χ3v) is 8.80. The molecular formula is C22H23N3O4S2. The van der Waals surface area contributed by atoms with Gasteiger partial charge in [-0.2, -0.15) is 0 Å². The molecule has 1 saturated heterocycles. The van der Waals surface area contributed by atoms with Gasteiger partial charge in [0.15, 0.2) is 15.0 Å². The summed E-state index contributed by atoms with van der Waals surface area (Å²) in [6.07, 6.45) is 1.79. The molecule has 31 heavy (non-hydrogen) atoms. The van der Waals surface area contributed by atoms with Gasteiger partial charge in [-0.15, -0.1) is 11.3 Å². The fourth-order valence-corrected chi connectivity index (χ4v) is 6.36. The van der Waals surface area contributed by atoms with Gasteiger partial charge >= 0.3 is 0 Å². The van der Waals surface area contributed by atoms with Gasteiger partial charge in [0.2, 0.25) is 0 Å². The number of non-ortho nitro benzene ring substituents is 1. The molecule has 2 aromatic carbocycles. The smallest absolute Gasteiger partial charge is 0.269 e. The van der Waals surface area contributed by atoms with Crippen LogP contribution < -0.4 is 4.90 Å². The molecule has 0 bridgehead atoms. The topological polar surface area (TPSA) is 93.4 Å². The van der Waals surface area contributed by atoms with Crippen LogP contribution in [-0.2, 0) is 16.3 Å². The van der Waals surface area contributed by atoms with E-state index in [1.807, 2.05) is 0 Å². The summed E-state index contributed by atoms with van der Waals surface area (Å²) in [5.41, 5.74) is 3.35. The third kappa shape index (κ3) is 4.77. The Hall–Kier alpha value is -2.78. The molecule has 1 aromatic heterocycles. The lowest BCUT2D eigenvalue weighted by Gasteiger charge is -2.31. The number of thiazole rings is 1. The fourth-order valence-electron chi connectivity index (χ4n) is 3.75. The highest BCUT2D eigenvalue weighted by Crippen LogP contribution is 2.30. The second-order valence-electron chi connectivity index (χ2n) is 7.77. The van der Waals surface area contributed by atoms with E-state index in [1.165, 1.54) is 35.4 Å². The highest BCUT2D eigenvalue weighted by Gasteiger charge is 2.32. The number of aryl methyl sites for hydroxylation is 1. The molecule has 9 heteroatoms. The van der Waals surface area contributed by atoms with E-state index in [0.717, 1.165) is 17.2 Å². The van der Waals surface area contributed by atoms with Crippen molar-refractivity contribution in [2.24, 2.45) is 0 Å². The van der Waals surface area contributed by atoms with Crippen molar-refractivity contribution in [1.29, 1.82) is 0 Å². The maximum Gasteiger partial charge on any atom is 0.269 e. The molecule has 0 saturated carbocycles. The van der Waals surface area contributed by atoms with Gasteiger partial charge in [0.1, 0.15) is 0 Å². The lowest BCUT2D eigenvalue weighted by molar-refractivity contribution is -0.384. The predicted molar refractivity (Wildman–Crippen MR) is 122 cm³/mol. The summed E-state index contributed by atoms with van der Waals surface area (Å²) in [6, 6.07) is 13.6. The maximum atomic E-state index is 12.9. The number of nitro groups is 1. The van der Waals surface area contributed by atoms with Crippen molar-refractivity contribution in [2.75, 3.05) is 18.0 Å². The van der Waals surface area contributed by atoms with Gasteiger partial charge in [-0.1, -0.05) is 29.8 Å². The van der Waals surface area contributed by atoms with Crippen LogP contribution in [0.5, 0.6) is 0 Å². The minimum atomic E-state index is -3.52. The number of rotatable bonds is 6. The Labute approximate surface area is 185 Å². The zero-order chi connectivity index (χ0) is 22.0. The first-order chi connectivity index (χ1) is 14.8. The number of benzene rings is 2. The monoisotopic (exact) mass is 457 g/mol. The Bertz CT molecular complexity index is 1160. The van der Waals surface area contributed by atoms with Crippen molar-refractivity contribution in [3.05, 3.63) is 80.8 Å². The summed E-state index contributed by atoms with van der Waals surface area (Å²) in [4.78, 5) is 17.3. The minimum absolute atomic E-state index is 0.112. The second kappa shape index (κ2) is 8.76. The number of hydrogen-bond acceptors (Lipinski definition) is 7. The number of anilines is 1. The molecule has 3 aromatic rings. The first-order valence-corrected chi connectivity index (χ1v) is 12.5. The first-order valence-electron chi connectivity index (χ1n) is 10.1. The third-order valence-electron chi connectivity index (χ3n) is 5.57. The summed E-state index contributed by atoms with van der Waals surface area (Å²) in [5, 5.41) is 13.3. The molecule has 0 aliphatic carbocycles. The first kappa shape index (κ1) is 21.5. The lowest BCUT2D eigenvalue weighted by atomic mass is 10.1. The van der Waals surface area contributed by atoms with Crippen molar-refractivity contribution in [2.45, 2.75) is 36.3 Å². The molecule has 0 amide bonds. The van der Waals surface area contributed by atoms with E-state index in [4.69, 9.17) is 4.98 Å². The highest BCUT2D eigenvalue weighted by atomic mass is 32.2. The van der Waals surface area contributed by atoms with E-state index < -0.39 is 20.0 Å². The minimum Gasteiger partial charge on any atom is -0.348 e. The largest absolute Gasteiger partial charge is 0.348 e. The standard InChI is InChI=1S/C22H23N3O4S2/c1-16-2-4-17(5-3-16)14-18-15-30-22(23-18)24-12-10-21(11-13-24)31(28,29)20-8-6-19(7-9-20)25(26)27/h2-9,15,21H,10-14H2,1H3. The van der Waals surface area contributed by atoms with Gasteiger partial charge in [0.05, 0.1) is 20.8 Å². The van der Waals surface area contributed by atoms with E-state index in [-0.39, 0.29) is 10.6 Å². The molecule has 1 aliphatic heterocycles. The molecule has 1 aliphatic rings. The van der Waals surface area contributed by atoms with Crippen LogP contribution in [0.3, 0.4) is 0 Å². The Morgan fingerprint density at radius 2 is 1.74 bits per heavy atom. The number of sulfone groups is 1. The Morgan fingerprint density at radius 1 is 1.10 bits per heavy atom. The van der Waals surface area contributed by atoms with Gasteiger partial charge in [-0.3, -0.25) is 10.1 Å². The average Bonchev–Trinajstić information content (AvgIpc) is 3.24. The summed E-state index contributed by atoms with van der Waals surface area (Å²) in [5.74, 6) is 0. The number of hydrogen-bond donors (Lipinski definition) is 0. The van der Waals surface area contributed by atoms with E-state index in [0.29, 0.717) is 25.9 Å². The van der Waals surface area contributed by atoms with Crippen LogP contribution in [-0.4, -0.2) is 36.7 Å². The Balaban J connectivity index is 1.38. The van der Waals surface area contributed by atoms with Crippen molar-refractivity contribution >= 4 is 32.0 Å². The lowest BCUT2D eigenvalue weighted by Crippen LogP contribution is -2.39. The van der Waals surface area contributed by atoms with Crippen molar-refractivity contribution < 1.29 is 13.3 Å². The van der Waals surface area contributed by atoms with Gasteiger partial charge in [-0.25, -0.2) is 13.4 Å². The van der Waals surface area contributed by atoms with Gasteiger partial charge in [-0.05, 0) is 37.5 Å². The second-order valence-corrected chi connectivity index (χ2v) is 10.8. The molecule has 4 rings (SSSR count). The Kier molecular flexibility index (Phi) is 6.06. The molecule has 0 spiro atoms. The van der Waals surface area contributed by atoms with Crippen LogP contribution in [0, 0.1) is 17.0 Å². The zero-order valence-electron chi connectivity index (χ0n) is 17.1. The quantitative estimate of drug-likeness (QED) is 0.402. The molecule has 0 unspecified atom stereocenters. The summed E-state index contributed by atoms with van der Waals surface area (Å²) in [7, 11) is -3.52. The van der Waals surface area contributed by atoms with Crippen LogP contribution in [0.1, 0.15) is 29.7 Å². The van der Waals surface area contributed by atoms with Gasteiger partial charge in [0, 0.05) is 37.0 Å². The molecule has 162 valence electrons. The predicted octanol–water partition coefficient (Wildman–Crippen LogP) is 4.39. The molecule has 0 radical (unpaired) electrons. The molecule has 2 heterocycles. The molecule has 0 N–H and O–H groups in total. The summed E-state index contributed by atoms with van der Waals surface area (Å²) in [6.45, 7) is 3.30. The average molecular weight is 458 g/mol. The van der Waals surface area contributed by atoms with Crippen molar-refractivity contribution in [1.82, 2.24) is 4.98 Å². The molecule has 0 atom stereocenters. The summed E-state index contributed by atoms with van der Waals surface area (Å²) < 4.78 is 25.9. The number of nitrogens with zero attached hydrogens (tertiary/aromatic N) is 3. The Morgan fingerprint density at radius 3 is 2.35 bits per heavy atom. The van der Waals surface area contributed by atoms with Crippen LogP contribution in [0.15, 0.2) is 58.8 Å². The fraction of sp³-hybridized carbons (Fsp3) is 0.318. The molecule has 7 nitrogen and oxygen atoms in total. The zero-order valence-corrected chi connectivity index (χ0v) is 18.7. The van der Waals surface area contributed by atoms with E-state index in [2.05, 4.69) is 41.5 Å². The normalized spacial score (nSPS) is 15.2. The van der Waals surface area contributed by atoms with Gasteiger partial charge < -0.3 is 4.90 Å². The van der Waals surface area contributed by atoms with Crippen LogP contribution in [0.2, 0.25) is 0 Å². The number of aromatic nitrogens is 1. The van der Waals surface area contributed by atoms with Crippen LogP contribution in [0.4, 0.5) is 10.8 Å². The maximum absolute atomic E-state index is 12.9. The van der Waals surface area contributed by atoms with Crippen molar-refractivity contribution in [3.63, 3.8) is 0 Å². The van der Waals surface area contributed by atoms with Crippen LogP contribution in [0.25, 0.3) is 0 Å². The van der Waals surface area contributed by atoms with E-state index in [9.17, 15) is 18.5 Å². The van der Waals surface area contributed by atoms with E-state index in [1.54, 1.807) is 11.3 Å². The van der Waals surface area contributed by atoms with E-state index >= 15 is 0 Å². The number of piperidine rings is 1. The highest BCUT2D eigenvalue weighted by molar-refractivity contribution is 7.92. The van der Waals surface area contributed by atoms with Gasteiger partial charge in [0.25, 0.3) is 5.69 Å². The molecule has 1 fully saturated rings.